The van der Waals surface area contributed by atoms with E-state index in [0.717, 1.165) is 25.7 Å². The molecule has 0 bridgehead atoms. The number of carbonyl (C=O) groups is 2. The zero-order valence-electron chi connectivity index (χ0n) is 11.6. The molecular formula is C15H20N2O3. The minimum atomic E-state index is -0.392. The Bertz CT molecular complexity index is 484. The van der Waals surface area contributed by atoms with E-state index in [4.69, 9.17) is 5.73 Å². The molecule has 0 aliphatic heterocycles. The summed E-state index contributed by atoms with van der Waals surface area (Å²) in [6.45, 7) is 0. The summed E-state index contributed by atoms with van der Waals surface area (Å²) in [6.07, 6.45) is 3.89. The maximum Gasteiger partial charge on any atom is 0.337 e. The first-order valence-corrected chi connectivity index (χ1v) is 6.86. The Labute approximate surface area is 118 Å². The lowest BCUT2D eigenvalue weighted by atomic mass is 9.84. The van der Waals surface area contributed by atoms with Gasteiger partial charge in [-0.3, -0.25) is 4.79 Å². The minimum Gasteiger partial charge on any atom is -0.465 e. The summed E-state index contributed by atoms with van der Waals surface area (Å²) in [5.41, 5.74) is 7.12. The first-order valence-electron chi connectivity index (χ1n) is 6.86. The van der Waals surface area contributed by atoms with E-state index >= 15 is 0 Å². The Balaban J connectivity index is 1.99. The summed E-state index contributed by atoms with van der Waals surface area (Å²) < 4.78 is 4.62. The second-order valence-corrected chi connectivity index (χ2v) is 5.11. The summed E-state index contributed by atoms with van der Waals surface area (Å²) in [6, 6.07) is 6.58. The van der Waals surface area contributed by atoms with Crippen molar-refractivity contribution in [3.8, 4) is 0 Å². The van der Waals surface area contributed by atoms with Gasteiger partial charge in [-0.25, -0.2) is 4.79 Å². The van der Waals surface area contributed by atoms with Crippen LogP contribution in [0.5, 0.6) is 0 Å². The number of methoxy groups -OCH3 is 1. The molecule has 1 aromatic carbocycles. The second kappa shape index (κ2) is 6.52. The van der Waals surface area contributed by atoms with Crippen molar-refractivity contribution in [2.75, 3.05) is 12.4 Å². The highest BCUT2D eigenvalue weighted by molar-refractivity contribution is 5.94. The number of ether oxygens (including phenoxy) is 1. The van der Waals surface area contributed by atoms with Gasteiger partial charge in [0.15, 0.2) is 0 Å². The smallest absolute Gasteiger partial charge is 0.337 e. The number of anilines is 1. The number of nitrogens with two attached hydrogens (primary N) is 1. The molecule has 1 saturated carbocycles. The predicted octanol–water partition coefficient (Wildman–Crippen LogP) is 1.93. The number of hydrogen-bond acceptors (Lipinski definition) is 4. The van der Waals surface area contributed by atoms with Gasteiger partial charge in [-0.05, 0) is 37.1 Å². The maximum atomic E-state index is 12.2. The Morgan fingerprint density at radius 1 is 1.20 bits per heavy atom. The van der Waals surface area contributed by atoms with Crippen molar-refractivity contribution in [1.29, 1.82) is 0 Å². The largest absolute Gasteiger partial charge is 0.465 e. The number of rotatable bonds is 3. The molecule has 1 amide bonds. The molecule has 1 fully saturated rings. The van der Waals surface area contributed by atoms with Crippen LogP contribution in [0.15, 0.2) is 24.3 Å². The van der Waals surface area contributed by atoms with Crippen LogP contribution < -0.4 is 11.1 Å². The van der Waals surface area contributed by atoms with Crippen molar-refractivity contribution in [2.45, 2.75) is 31.7 Å². The van der Waals surface area contributed by atoms with Crippen LogP contribution in [0, 0.1) is 5.92 Å². The average Bonchev–Trinajstić information content (AvgIpc) is 2.47. The fourth-order valence-electron chi connectivity index (χ4n) is 2.53. The zero-order valence-corrected chi connectivity index (χ0v) is 11.6. The molecule has 2 rings (SSSR count). The molecule has 1 aliphatic rings. The van der Waals surface area contributed by atoms with Gasteiger partial charge in [0.05, 0.1) is 18.6 Å². The average molecular weight is 276 g/mol. The summed E-state index contributed by atoms with van der Waals surface area (Å²) >= 11 is 0. The van der Waals surface area contributed by atoms with E-state index < -0.39 is 5.97 Å². The predicted molar refractivity (Wildman–Crippen MR) is 76.3 cm³/mol. The molecule has 5 nitrogen and oxygen atoms in total. The normalized spacial score (nSPS) is 22.1. The van der Waals surface area contributed by atoms with Crippen LogP contribution in [0.4, 0.5) is 5.69 Å². The fourth-order valence-corrected chi connectivity index (χ4v) is 2.53. The van der Waals surface area contributed by atoms with Crippen LogP contribution in [0.25, 0.3) is 0 Å². The molecule has 0 heterocycles. The van der Waals surface area contributed by atoms with E-state index in [2.05, 4.69) is 10.1 Å². The summed E-state index contributed by atoms with van der Waals surface area (Å²) in [7, 11) is 1.34. The third kappa shape index (κ3) is 3.36. The lowest BCUT2D eigenvalue weighted by Gasteiger charge is -2.27. The number of hydrogen-bond donors (Lipinski definition) is 2. The highest BCUT2D eigenvalue weighted by Crippen LogP contribution is 2.24. The van der Waals surface area contributed by atoms with Crippen LogP contribution in [0.2, 0.25) is 0 Å². The molecule has 0 spiro atoms. The number of benzene rings is 1. The van der Waals surface area contributed by atoms with Gasteiger partial charge in [0.2, 0.25) is 5.91 Å². The van der Waals surface area contributed by atoms with Crippen LogP contribution in [0.3, 0.4) is 0 Å². The number of carbonyl (C=O) groups excluding carboxylic acids is 2. The summed E-state index contributed by atoms with van der Waals surface area (Å²) in [4.78, 5) is 23.5. The molecule has 0 radical (unpaired) electrons. The van der Waals surface area contributed by atoms with Gasteiger partial charge in [-0.15, -0.1) is 0 Å². The summed E-state index contributed by atoms with van der Waals surface area (Å²) in [5.74, 6) is -0.552. The van der Waals surface area contributed by atoms with Crippen molar-refractivity contribution in [2.24, 2.45) is 11.7 Å². The molecular weight excluding hydrogens is 256 g/mol. The first kappa shape index (κ1) is 14.5. The topological polar surface area (TPSA) is 81.4 Å². The number of esters is 1. The fraction of sp³-hybridized carbons (Fsp3) is 0.467. The number of amides is 1. The van der Waals surface area contributed by atoms with E-state index in [1.165, 1.54) is 7.11 Å². The SMILES string of the molecule is COC(=O)c1ccc(NC(=O)C2CCCCC2N)cc1. The van der Waals surface area contributed by atoms with Gasteiger partial charge in [0.1, 0.15) is 0 Å². The minimum absolute atomic E-state index is 0.0389. The van der Waals surface area contributed by atoms with Crippen LogP contribution in [-0.2, 0) is 9.53 Å². The van der Waals surface area contributed by atoms with E-state index in [0.29, 0.717) is 11.3 Å². The van der Waals surface area contributed by atoms with Gasteiger partial charge in [0.25, 0.3) is 0 Å². The molecule has 2 atom stereocenters. The monoisotopic (exact) mass is 276 g/mol. The van der Waals surface area contributed by atoms with E-state index in [9.17, 15) is 9.59 Å². The molecule has 2 unspecified atom stereocenters. The molecule has 1 aromatic rings. The molecule has 108 valence electrons. The van der Waals surface area contributed by atoms with E-state index in [-0.39, 0.29) is 17.9 Å². The molecule has 20 heavy (non-hydrogen) atoms. The Morgan fingerprint density at radius 2 is 1.85 bits per heavy atom. The van der Waals surface area contributed by atoms with Crippen molar-refractivity contribution in [3.05, 3.63) is 29.8 Å². The van der Waals surface area contributed by atoms with Gasteiger partial charge >= 0.3 is 5.97 Å². The van der Waals surface area contributed by atoms with Gasteiger partial charge in [-0.1, -0.05) is 12.8 Å². The van der Waals surface area contributed by atoms with E-state index in [1.807, 2.05) is 0 Å². The van der Waals surface area contributed by atoms with Crippen molar-refractivity contribution < 1.29 is 14.3 Å². The van der Waals surface area contributed by atoms with Crippen LogP contribution >= 0.6 is 0 Å². The third-order valence-corrected chi connectivity index (χ3v) is 3.73. The van der Waals surface area contributed by atoms with Crippen molar-refractivity contribution in [3.63, 3.8) is 0 Å². The van der Waals surface area contributed by atoms with Crippen molar-refractivity contribution >= 4 is 17.6 Å². The summed E-state index contributed by atoms with van der Waals surface area (Å²) in [5, 5.41) is 2.86. The van der Waals surface area contributed by atoms with Crippen LogP contribution in [0.1, 0.15) is 36.0 Å². The lowest BCUT2D eigenvalue weighted by Crippen LogP contribution is -2.40. The van der Waals surface area contributed by atoms with Gasteiger partial charge in [0, 0.05) is 11.7 Å². The molecule has 0 aromatic heterocycles. The molecule has 1 aliphatic carbocycles. The molecule has 5 heteroatoms. The molecule has 0 saturated heterocycles. The standard InChI is InChI=1S/C15H20N2O3/c1-20-15(19)10-6-8-11(9-7-10)17-14(18)12-4-2-3-5-13(12)16/h6-9,12-13H,2-5,16H2,1H3,(H,17,18). The Morgan fingerprint density at radius 3 is 2.45 bits per heavy atom. The zero-order chi connectivity index (χ0) is 14.5. The second-order valence-electron chi connectivity index (χ2n) is 5.11. The highest BCUT2D eigenvalue weighted by Gasteiger charge is 2.28. The van der Waals surface area contributed by atoms with Crippen LogP contribution in [-0.4, -0.2) is 25.0 Å². The Kier molecular flexibility index (Phi) is 4.74. The van der Waals surface area contributed by atoms with Gasteiger partial charge < -0.3 is 15.8 Å². The lowest BCUT2D eigenvalue weighted by molar-refractivity contribution is -0.121. The van der Waals surface area contributed by atoms with Gasteiger partial charge in [-0.2, -0.15) is 0 Å². The molecule has 3 N–H and O–H groups in total. The number of nitrogens with one attached hydrogen (secondary N) is 1. The maximum absolute atomic E-state index is 12.2. The third-order valence-electron chi connectivity index (χ3n) is 3.73. The Hall–Kier alpha value is -1.88. The van der Waals surface area contributed by atoms with E-state index in [1.54, 1.807) is 24.3 Å². The first-order chi connectivity index (χ1) is 9.61. The quantitative estimate of drug-likeness (QED) is 0.826. The highest BCUT2D eigenvalue weighted by atomic mass is 16.5. The van der Waals surface area contributed by atoms with Crippen molar-refractivity contribution in [1.82, 2.24) is 0 Å².